The minimum absolute atomic E-state index is 0.0131. The summed E-state index contributed by atoms with van der Waals surface area (Å²) >= 11 is 24.2. The van der Waals surface area contributed by atoms with Gasteiger partial charge in [0.2, 0.25) is 0 Å². The number of hydrogen-bond acceptors (Lipinski definition) is 3. The molecule has 5 N–H and O–H groups in total. The van der Waals surface area contributed by atoms with Gasteiger partial charge in [0, 0.05) is 0 Å². The Labute approximate surface area is 107 Å². The molecule has 9 heteroatoms. The molecule has 0 atom stereocenters. The van der Waals surface area contributed by atoms with Gasteiger partial charge in [-0.05, 0) is 24.4 Å². The second-order valence-corrected chi connectivity index (χ2v) is 3.84. The normalized spacial score (nSPS) is 7.93. The molecule has 0 radical (unpaired) electrons. The van der Waals surface area contributed by atoms with E-state index < -0.39 is 5.17 Å². The lowest BCUT2D eigenvalue weighted by molar-refractivity contribution is 0.351. The van der Waals surface area contributed by atoms with Gasteiger partial charge in [0.15, 0.2) is 0 Å². The molecule has 0 amide bonds. The van der Waals surface area contributed by atoms with Crippen molar-refractivity contribution in [2.45, 2.75) is 0 Å². The summed E-state index contributed by atoms with van der Waals surface area (Å²) in [6.45, 7) is 0.0131. The smallest absolute Gasteiger partial charge is 0.254 e. The van der Waals surface area contributed by atoms with Crippen LogP contribution in [-0.4, -0.2) is 22.1 Å². The van der Waals surface area contributed by atoms with Gasteiger partial charge in [0.25, 0.3) is 10.3 Å². The summed E-state index contributed by atoms with van der Waals surface area (Å²) in [5.41, 5.74) is 9.38. The number of halogens is 3. The molecule has 0 aromatic rings. The monoisotopic (exact) mass is 296 g/mol. The second kappa shape index (κ2) is 9.54. The zero-order valence-corrected chi connectivity index (χ0v) is 10.6. The second-order valence-electron chi connectivity index (χ2n) is 1.61. The van der Waals surface area contributed by atoms with E-state index in [0.29, 0.717) is 0 Å². The van der Waals surface area contributed by atoms with Gasteiger partial charge in [-0.15, -0.1) is 0 Å². The van der Waals surface area contributed by atoms with Crippen molar-refractivity contribution in [1.29, 1.82) is 0 Å². The third kappa shape index (κ3) is 17.9. The van der Waals surface area contributed by atoms with Crippen molar-refractivity contribution in [3.63, 3.8) is 0 Å². The molecule has 0 aliphatic carbocycles. The van der Waals surface area contributed by atoms with Crippen LogP contribution in [0.25, 0.3) is 0 Å². The third-order valence-corrected chi connectivity index (χ3v) is 1.61. The van der Waals surface area contributed by atoms with Crippen molar-refractivity contribution >= 4 is 69.6 Å². The van der Waals surface area contributed by atoms with Gasteiger partial charge in [0.1, 0.15) is 11.1 Å². The van der Waals surface area contributed by atoms with Crippen LogP contribution in [0.4, 0.5) is 0 Å². The van der Waals surface area contributed by atoms with E-state index in [-0.39, 0.29) is 21.3 Å². The molecule has 4 nitrogen and oxygen atoms in total. The van der Waals surface area contributed by atoms with Crippen LogP contribution < -0.4 is 11.5 Å². The number of ether oxygens (including phenoxy) is 1. The Bertz CT molecular complexity index is 239. The van der Waals surface area contributed by atoms with Crippen molar-refractivity contribution in [3.8, 4) is 0 Å². The highest BCUT2D eigenvalue weighted by Gasteiger charge is 1.99. The van der Waals surface area contributed by atoms with Gasteiger partial charge < -0.3 is 21.3 Å². The number of aliphatic hydroxyl groups excluding tert-OH is 1. The van der Waals surface area contributed by atoms with Crippen molar-refractivity contribution < 1.29 is 9.84 Å². The van der Waals surface area contributed by atoms with Crippen LogP contribution >= 0.6 is 59.2 Å². The fourth-order valence-electron chi connectivity index (χ4n) is 0.189. The van der Waals surface area contributed by atoms with Crippen LogP contribution in [-0.2, 0) is 4.74 Å². The first-order chi connectivity index (χ1) is 6.27. The van der Waals surface area contributed by atoms with E-state index in [2.05, 4.69) is 34.9 Å². The predicted octanol–water partition coefficient (Wildman–Crippen LogP) is 1.92. The van der Waals surface area contributed by atoms with Crippen LogP contribution in [0.3, 0.4) is 0 Å². The molecule has 0 spiro atoms. The molecule has 14 heavy (non-hydrogen) atoms. The lowest BCUT2D eigenvalue weighted by Gasteiger charge is -2.00. The van der Waals surface area contributed by atoms with E-state index in [1.807, 2.05) is 0 Å². The summed E-state index contributed by atoms with van der Waals surface area (Å²) in [6, 6.07) is 0. The standard InChI is InChI=1S/C4H4Cl3NOS.CH3NOS/c5-2(3(6)7)1-9-4(8)10;2-1(3)4/h1H2,(H2,8,10);(H3,2,3,4). The SMILES string of the molecule is NC(=S)OCC(Cl)=C(Cl)Cl.NC(O)=S. The Morgan fingerprint density at radius 3 is 1.79 bits per heavy atom. The lowest BCUT2D eigenvalue weighted by Crippen LogP contribution is -2.13. The van der Waals surface area contributed by atoms with Crippen molar-refractivity contribution in [2.24, 2.45) is 11.5 Å². The number of hydrogen-bond donors (Lipinski definition) is 3. The molecule has 0 unspecified atom stereocenters. The Balaban J connectivity index is 0. The molecule has 0 saturated heterocycles. The zero-order valence-electron chi connectivity index (χ0n) is 6.67. The summed E-state index contributed by atoms with van der Waals surface area (Å²) in [4.78, 5) is 0. The van der Waals surface area contributed by atoms with E-state index in [9.17, 15) is 0 Å². The van der Waals surface area contributed by atoms with Crippen LogP contribution in [0.5, 0.6) is 0 Å². The molecule has 0 saturated carbocycles. The van der Waals surface area contributed by atoms with Crippen LogP contribution in [0, 0.1) is 0 Å². The third-order valence-electron chi connectivity index (χ3n) is 0.546. The molecular weight excluding hydrogens is 291 g/mol. The fraction of sp³-hybridized carbons (Fsp3) is 0.200. The highest BCUT2D eigenvalue weighted by Crippen LogP contribution is 2.17. The van der Waals surface area contributed by atoms with Crippen molar-refractivity contribution in [3.05, 3.63) is 9.52 Å². The van der Waals surface area contributed by atoms with E-state index >= 15 is 0 Å². The molecule has 0 bridgehead atoms. The minimum atomic E-state index is -0.500. The van der Waals surface area contributed by atoms with E-state index in [4.69, 9.17) is 45.6 Å². The van der Waals surface area contributed by atoms with Gasteiger partial charge >= 0.3 is 0 Å². The molecule has 0 aromatic carbocycles. The van der Waals surface area contributed by atoms with Crippen LogP contribution in [0.2, 0.25) is 0 Å². The number of aliphatic hydroxyl groups is 1. The molecule has 0 rings (SSSR count). The van der Waals surface area contributed by atoms with Crippen molar-refractivity contribution in [2.75, 3.05) is 6.61 Å². The summed E-state index contributed by atoms with van der Waals surface area (Å²) in [5.74, 6) is 0. The Hall–Kier alpha value is -0.0100. The number of rotatable bonds is 2. The first-order valence-electron chi connectivity index (χ1n) is 2.87. The van der Waals surface area contributed by atoms with Crippen LogP contribution in [0.1, 0.15) is 0 Å². The van der Waals surface area contributed by atoms with E-state index in [0.717, 1.165) is 0 Å². The van der Waals surface area contributed by atoms with Gasteiger partial charge in [0.05, 0.1) is 5.03 Å². The highest BCUT2D eigenvalue weighted by molar-refractivity contribution is 7.80. The highest BCUT2D eigenvalue weighted by atomic mass is 35.5. The average Bonchev–Trinajstić information content (AvgIpc) is 1.98. The Morgan fingerprint density at radius 2 is 1.57 bits per heavy atom. The average molecular weight is 298 g/mol. The summed E-state index contributed by atoms with van der Waals surface area (Å²) in [7, 11) is 0. The maximum Gasteiger partial charge on any atom is 0.254 e. The summed E-state index contributed by atoms with van der Waals surface area (Å²) in [5, 5.41) is 7.15. The Kier molecular flexibility index (Phi) is 11.2. The van der Waals surface area contributed by atoms with E-state index in [1.54, 1.807) is 0 Å². The fourth-order valence-corrected chi connectivity index (χ4v) is 0.412. The van der Waals surface area contributed by atoms with Crippen molar-refractivity contribution in [1.82, 2.24) is 0 Å². The van der Waals surface area contributed by atoms with Gasteiger partial charge in [-0.1, -0.05) is 34.8 Å². The molecular formula is C5H7Cl3N2O2S2. The topological polar surface area (TPSA) is 81.5 Å². The van der Waals surface area contributed by atoms with Crippen LogP contribution in [0.15, 0.2) is 9.52 Å². The summed E-state index contributed by atoms with van der Waals surface area (Å²) < 4.78 is 4.57. The van der Waals surface area contributed by atoms with E-state index in [1.165, 1.54) is 0 Å². The predicted molar refractivity (Wildman–Crippen MR) is 66.7 cm³/mol. The molecule has 82 valence electrons. The molecule has 0 aliphatic heterocycles. The summed E-state index contributed by atoms with van der Waals surface area (Å²) in [6.07, 6.45) is 0. The molecule has 0 heterocycles. The minimum Gasteiger partial charge on any atom is -0.487 e. The lowest BCUT2D eigenvalue weighted by atomic mass is 10.7. The first-order valence-corrected chi connectivity index (χ1v) is 4.82. The quantitative estimate of drug-likeness (QED) is 0.676. The van der Waals surface area contributed by atoms with Gasteiger partial charge in [-0.25, -0.2) is 0 Å². The molecule has 0 aliphatic rings. The van der Waals surface area contributed by atoms with Gasteiger partial charge in [-0.3, -0.25) is 0 Å². The first kappa shape index (κ1) is 16.4. The zero-order chi connectivity index (χ0) is 11.7. The number of thiocarbonyl (C=S) groups is 2. The molecule has 0 aromatic heterocycles. The largest absolute Gasteiger partial charge is 0.487 e. The maximum atomic E-state index is 7.56. The van der Waals surface area contributed by atoms with Gasteiger partial charge in [-0.2, -0.15) is 0 Å². The molecule has 0 fully saturated rings. The Morgan fingerprint density at radius 1 is 1.21 bits per heavy atom. The maximum absolute atomic E-state index is 7.56. The number of nitrogens with two attached hydrogens (primary N) is 2.